The van der Waals surface area contributed by atoms with Crippen molar-refractivity contribution < 1.29 is 0 Å². The van der Waals surface area contributed by atoms with Gasteiger partial charge in [-0.15, -0.1) is 0 Å². The van der Waals surface area contributed by atoms with Crippen molar-refractivity contribution in [1.82, 2.24) is 0 Å². The molecule has 2 rings (SSSR count). The van der Waals surface area contributed by atoms with Crippen LogP contribution in [-0.2, 0) is 0 Å². The first-order valence-electron chi connectivity index (χ1n) is 4.52. The molecule has 0 unspecified atom stereocenters. The third-order valence-electron chi connectivity index (χ3n) is 2.34. The van der Waals surface area contributed by atoms with Crippen molar-refractivity contribution in [3.8, 4) is 0 Å². The second-order valence-electron chi connectivity index (χ2n) is 3.30. The highest BCUT2D eigenvalue weighted by Gasteiger charge is 2.18. The molecule has 74 valence electrons. The number of aryl methyl sites for hydroxylation is 1. The summed E-state index contributed by atoms with van der Waals surface area (Å²) in [5, 5.41) is 0.757. The van der Waals surface area contributed by atoms with E-state index in [9.17, 15) is 0 Å². The maximum absolute atomic E-state index is 6.19. The molecule has 14 heavy (non-hydrogen) atoms. The van der Waals surface area contributed by atoms with E-state index in [0.29, 0.717) is 5.96 Å². The number of hydrogen-bond acceptors (Lipinski definition) is 3. The van der Waals surface area contributed by atoms with Crippen LogP contribution in [0.4, 0.5) is 5.69 Å². The number of halogens is 1. The molecule has 0 fully saturated rings. The number of nitrogens with two attached hydrogens (primary N) is 1. The van der Waals surface area contributed by atoms with Gasteiger partial charge in [0.2, 0.25) is 0 Å². The van der Waals surface area contributed by atoms with Gasteiger partial charge < -0.3 is 10.6 Å². The van der Waals surface area contributed by atoms with Gasteiger partial charge in [-0.2, -0.15) is 0 Å². The number of aliphatic imine (C=N–C) groups is 1. The van der Waals surface area contributed by atoms with Gasteiger partial charge in [0, 0.05) is 6.54 Å². The van der Waals surface area contributed by atoms with E-state index in [0.717, 1.165) is 29.4 Å². The molecule has 1 aliphatic rings. The Morgan fingerprint density at radius 1 is 1.50 bits per heavy atom. The zero-order valence-corrected chi connectivity index (χ0v) is 8.75. The van der Waals surface area contributed by atoms with Gasteiger partial charge in [-0.1, -0.05) is 23.7 Å². The van der Waals surface area contributed by atoms with Crippen LogP contribution in [0.1, 0.15) is 5.56 Å². The van der Waals surface area contributed by atoms with E-state index in [1.807, 2.05) is 30.0 Å². The van der Waals surface area contributed by atoms with Crippen LogP contribution in [0.2, 0.25) is 5.02 Å². The molecule has 1 aliphatic heterocycles. The Labute approximate surface area is 88.2 Å². The molecule has 3 nitrogen and oxygen atoms in total. The molecule has 0 aromatic heterocycles. The van der Waals surface area contributed by atoms with E-state index in [2.05, 4.69) is 4.99 Å². The number of guanidine groups is 1. The smallest absolute Gasteiger partial charge is 0.195 e. The Morgan fingerprint density at radius 2 is 2.29 bits per heavy atom. The Kier molecular flexibility index (Phi) is 2.33. The average molecular weight is 210 g/mol. The first-order chi connectivity index (χ1) is 6.70. The molecule has 0 atom stereocenters. The largest absolute Gasteiger partial charge is 0.370 e. The summed E-state index contributed by atoms with van der Waals surface area (Å²) in [6.07, 6.45) is 0. The highest BCUT2D eigenvalue weighted by Crippen LogP contribution is 2.29. The molecule has 0 saturated carbocycles. The first kappa shape index (κ1) is 9.34. The van der Waals surface area contributed by atoms with Crippen LogP contribution in [0.3, 0.4) is 0 Å². The molecule has 0 spiro atoms. The van der Waals surface area contributed by atoms with Gasteiger partial charge in [0.15, 0.2) is 5.96 Å². The first-order valence-corrected chi connectivity index (χ1v) is 4.90. The highest BCUT2D eigenvalue weighted by atomic mass is 35.5. The van der Waals surface area contributed by atoms with Crippen LogP contribution in [0.5, 0.6) is 0 Å². The Bertz CT molecular complexity index is 387. The van der Waals surface area contributed by atoms with Crippen molar-refractivity contribution in [2.24, 2.45) is 10.7 Å². The fourth-order valence-corrected chi connectivity index (χ4v) is 1.78. The van der Waals surface area contributed by atoms with Gasteiger partial charge in [-0.25, -0.2) is 0 Å². The Balaban J connectivity index is 2.42. The quantitative estimate of drug-likeness (QED) is 0.766. The Hall–Kier alpha value is -1.22. The molecule has 1 heterocycles. The summed E-state index contributed by atoms with van der Waals surface area (Å²) in [6, 6.07) is 5.92. The number of nitrogens with zero attached hydrogens (tertiary/aromatic N) is 2. The Morgan fingerprint density at radius 3 is 2.93 bits per heavy atom. The normalized spacial score (nSPS) is 15.9. The highest BCUT2D eigenvalue weighted by molar-refractivity contribution is 6.34. The fourth-order valence-electron chi connectivity index (χ4n) is 1.55. The minimum absolute atomic E-state index is 0.553. The maximum Gasteiger partial charge on any atom is 0.195 e. The van der Waals surface area contributed by atoms with Crippen molar-refractivity contribution in [3.05, 3.63) is 28.8 Å². The SMILES string of the molecule is Cc1cccc(N2CCN=C2N)c1Cl. The lowest BCUT2D eigenvalue weighted by Crippen LogP contribution is -2.33. The van der Waals surface area contributed by atoms with E-state index in [4.69, 9.17) is 17.3 Å². The second kappa shape index (κ2) is 3.50. The van der Waals surface area contributed by atoms with Crippen LogP contribution in [0.25, 0.3) is 0 Å². The monoisotopic (exact) mass is 209 g/mol. The van der Waals surface area contributed by atoms with E-state index in [1.165, 1.54) is 0 Å². The summed E-state index contributed by atoms with van der Waals surface area (Å²) in [6.45, 7) is 3.54. The van der Waals surface area contributed by atoms with Gasteiger partial charge in [0.05, 0.1) is 17.3 Å². The molecule has 0 aliphatic carbocycles. The van der Waals surface area contributed by atoms with Crippen molar-refractivity contribution in [3.63, 3.8) is 0 Å². The lowest BCUT2D eigenvalue weighted by atomic mass is 10.2. The molecule has 0 radical (unpaired) electrons. The van der Waals surface area contributed by atoms with Gasteiger partial charge in [0.1, 0.15) is 0 Å². The molecular weight excluding hydrogens is 198 g/mol. The number of benzene rings is 1. The maximum atomic E-state index is 6.19. The lowest BCUT2D eigenvalue weighted by molar-refractivity contribution is 1.02. The van der Waals surface area contributed by atoms with E-state index >= 15 is 0 Å². The summed E-state index contributed by atoms with van der Waals surface area (Å²) in [5.74, 6) is 0.553. The third kappa shape index (κ3) is 1.44. The van der Waals surface area contributed by atoms with Crippen LogP contribution in [0, 0.1) is 6.92 Å². The summed E-state index contributed by atoms with van der Waals surface area (Å²) in [7, 11) is 0. The van der Waals surface area contributed by atoms with Crippen LogP contribution >= 0.6 is 11.6 Å². The van der Waals surface area contributed by atoms with Crippen LogP contribution in [0.15, 0.2) is 23.2 Å². The van der Waals surface area contributed by atoms with Crippen LogP contribution < -0.4 is 10.6 Å². The lowest BCUT2D eigenvalue weighted by Gasteiger charge is -2.19. The minimum atomic E-state index is 0.553. The zero-order valence-electron chi connectivity index (χ0n) is 8.00. The molecule has 1 aromatic carbocycles. The van der Waals surface area contributed by atoms with Gasteiger partial charge in [-0.3, -0.25) is 4.99 Å². The third-order valence-corrected chi connectivity index (χ3v) is 2.83. The zero-order chi connectivity index (χ0) is 10.1. The summed E-state index contributed by atoms with van der Waals surface area (Å²) in [4.78, 5) is 6.07. The molecule has 0 amide bonds. The predicted molar refractivity (Wildman–Crippen MR) is 60.0 cm³/mol. The van der Waals surface area contributed by atoms with Crippen molar-refractivity contribution in [2.75, 3.05) is 18.0 Å². The van der Waals surface area contributed by atoms with Gasteiger partial charge in [-0.05, 0) is 18.6 Å². The average Bonchev–Trinajstić information content (AvgIpc) is 2.57. The number of rotatable bonds is 1. The fraction of sp³-hybridized carbons (Fsp3) is 0.300. The number of hydrogen-bond donors (Lipinski definition) is 1. The summed E-state index contributed by atoms with van der Waals surface area (Å²) < 4.78 is 0. The van der Waals surface area contributed by atoms with Gasteiger partial charge >= 0.3 is 0 Å². The predicted octanol–water partition coefficient (Wildman–Crippen LogP) is 1.78. The minimum Gasteiger partial charge on any atom is -0.370 e. The standard InChI is InChI=1S/C10H12ClN3/c1-7-3-2-4-8(9(7)11)14-6-5-13-10(14)12/h2-4H,5-6H2,1H3,(H2,12,13). The number of anilines is 1. The van der Waals surface area contributed by atoms with E-state index in [1.54, 1.807) is 0 Å². The summed E-state index contributed by atoms with van der Waals surface area (Å²) >= 11 is 6.19. The van der Waals surface area contributed by atoms with Gasteiger partial charge in [0.25, 0.3) is 0 Å². The van der Waals surface area contributed by atoms with E-state index in [-0.39, 0.29) is 0 Å². The van der Waals surface area contributed by atoms with E-state index < -0.39 is 0 Å². The molecule has 4 heteroatoms. The van der Waals surface area contributed by atoms with Crippen LogP contribution in [-0.4, -0.2) is 19.0 Å². The summed E-state index contributed by atoms with van der Waals surface area (Å²) in [5.41, 5.74) is 7.76. The molecule has 2 N–H and O–H groups in total. The molecule has 0 saturated heterocycles. The topological polar surface area (TPSA) is 41.6 Å². The van der Waals surface area contributed by atoms with Crippen molar-refractivity contribution >= 4 is 23.2 Å². The molecule has 0 bridgehead atoms. The molecule has 1 aromatic rings. The van der Waals surface area contributed by atoms with Crippen molar-refractivity contribution in [2.45, 2.75) is 6.92 Å². The second-order valence-corrected chi connectivity index (χ2v) is 3.68. The molecular formula is C10H12ClN3. The van der Waals surface area contributed by atoms with Crippen molar-refractivity contribution in [1.29, 1.82) is 0 Å².